The van der Waals surface area contributed by atoms with Gasteiger partial charge >= 0.3 is 0 Å². The first kappa shape index (κ1) is 20.6. The molecule has 30 heavy (non-hydrogen) atoms. The Morgan fingerprint density at radius 3 is 2.27 bits per heavy atom. The second kappa shape index (κ2) is 9.41. The monoisotopic (exact) mass is 408 g/mol. The van der Waals surface area contributed by atoms with E-state index in [0.717, 1.165) is 50.5 Å². The molecule has 1 amide bonds. The van der Waals surface area contributed by atoms with Gasteiger partial charge in [0.25, 0.3) is 5.91 Å². The summed E-state index contributed by atoms with van der Waals surface area (Å²) in [5.74, 6) is 1.79. The number of rotatable bonds is 6. The number of amides is 1. The molecule has 2 aromatic rings. The zero-order valence-electron chi connectivity index (χ0n) is 18.1. The fourth-order valence-electron chi connectivity index (χ4n) is 4.44. The Morgan fingerprint density at radius 1 is 0.933 bits per heavy atom. The molecule has 4 rings (SSSR count). The molecular formula is C25H32N2O3. The van der Waals surface area contributed by atoms with Gasteiger partial charge in [0.05, 0.1) is 7.11 Å². The second-order valence-corrected chi connectivity index (χ2v) is 8.16. The van der Waals surface area contributed by atoms with Crippen LogP contribution in [0.25, 0.3) is 0 Å². The van der Waals surface area contributed by atoms with E-state index in [4.69, 9.17) is 9.47 Å². The summed E-state index contributed by atoms with van der Waals surface area (Å²) >= 11 is 0. The van der Waals surface area contributed by atoms with E-state index in [1.54, 1.807) is 7.11 Å². The molecule has 1 saturated heterocycles. The number of piperazine rings is 1. The van der Waals surface area contributed by atoms with Crippen LogP contribution < -0.4 is 14.4 Å². The van der Waals surface area contributed by atoms with Crippen molar-refractivity contribution in [1.82, 2.24) is 4.90 Å². The number of nitrogens with zero attached hydrogens (tertiary/aromatic N) is 2. The van der Waals surface area contributed by atoms with Crippen molar-refractivity contribution >= 4 is 11.6 Å². The highest BCUT2D eigenvalue weighted by Gasteiger charge is 2.28. The molecule has 0 unspecified atom stereocenters. The number of ether oxygens (including phenoxy) is 2. The largest absolute Gasteiger partial charge is 0.497 e. The van der Waals surface area contributed by atoms with Crippen molar-refractivity contribution in [3.63, 3.8) is 0 Å². The van der Waals surface area contributed by atoms with E-state index in [9.17, 15) is 4.79 Å². The van der Waals surface area contributed by atoms with Crippen LogP contribution in [-0.4, -0.2) is 50.2 Å². The van der Waals surface area contributed by atoms with Gasteiger partial charge in [-0.15, -0.1) is 0 Å². The molecule has 1 fully saturated rings. The average Bonchev–Trinajstić information content (AvgIpc) is 2.82. The maximum absolute atomic E-state index is 13.1. The molecule has 0 N–H and O–H groups in total. The van der Waals surface area contributed by atoms with Crippen LogP contribution >= 0.6 is 0 Å². The fraction of sp³-hybridized carbons (Fsp3) is 0.480. The van der Waals surface area contributed by atoms with Crippen molar-refractivity contribution in [2.24, 2.45) is 0 Å². The lowest BCUT2D eigenvalue weighted by atomic mass is 9.92. The van der Waals surface area contributed by atoms with Gasteiger partial charge in [-0.2, -0.15) is 0 Å². The molecule has 0 radical (unpaired) electrons. The molecule has 0 spiro atoms. The minimum Gasteiger partial charge on any atom is -0.497 e. The number of carbonyl (C=O) groups is 1. The lowest BCUT2D eigenvalue weighted by molar-refractivity contribution is -0.139. The van der Waals surface area contributed by atoms with Gasteiger partial charge in [-0.05, 0) is 79.6 Å². The Bertz CT molecular complexity index is 857. The number of methoxy groups -OCH3 is 1. The zero-order valence-corrected chi connectivity index (χ0v) is 18.1. The van der Waals surface area contributed by atoms with Gasteiger partial charge < -0.3 is 19.3 Å². The Balaban J connectivity index is 1.35. The number of aryl methyl sites for hydroxylation is 2. The summed E-state index contributed by atoms with van der Waals surface area (Å²) in [4.78, 5) is 17.4. The van der Waals surface area contributed by atoms with Gasteiger partial charge in [0, 0.05) is 31.9 Å². The van der Waals surface area contributed by atoms with Crippen LogP contribution in [0, 0.1) is 0 Å². The normalized spacial score (nSPS) is 17.3. The summed E-state index contributed by atoms with van der Waals surface area (Å²) in [5.41, 5.74) is 3.98. The quantitative estimate of drug-likeness (QED) is 0.722. The zero-order chi connectivity index (χ0) is 20.9. The topological polar surface area (TPSA) is 42.0 Å². The molecule has 1 aliphatic carbocycles. The molecule has 2 aliphatic rings. The van der Waals surface area contributed by atoms with E-state index in [-0.39, 0.29) is 5.91 Å². The van der Waals surface area contributed by atoms with Crippen LogP contribution in [0.3, 0.4) is 0 Å². The van der Waals surface area contributed by atoms with Crippen LogP contribution in [0.4, 0.5) is 5.69 Å². The predicted molar refractivity (Wildman–Crippen MR) is 120 cm³/mol. The minimum absolute atomic E-state index is 0.101. The van der Waals surface area contributed by atoms with Gasteiger partial charge in [0.2, 0.25) is 0 Å². The second-order valence-electron chi connectivity index (χ2n) is 8.16. The third-order valence-corrected chi connectivity index (χ3v) is 6.27. The van der Waals surface area contributed by atoms with Crippen molar-refractivity contribution in [2.45, 2.75) is 45.1 Å². The highest BCUT2D eigenvalue weighted by atomic mass is 16.5. The van der Waals surface area contributed by atoms with Gasteiger partial charge in [-0.25, -0.2) is 0 Å². The highest BCUT2D eigenvalue weighted by molar-refractivity contribution is 5.81. The molecular weight excluding hydrogens is 376 g/mol. The molecule has 1 atom stereocenters. The lowest BCUT2D eigenvalue weighted by Crippen LogP contribution is -2.52. The Kier molecular flexibility index (Phi) is 6.46. The predicted octanol–water partition coefficient (Wildman–Crippen LogP) is 4.08. The van der Waals surface area contributed by atoms with Crippen LogP contribution in [0.5, 0.6) is 11.5 Å². The van der Waals surface area contributed by atoms with Gasteiger partial charge in [0.1, 0.15) is 11.5 Å². The van der Waals surface area contributed by atoms with Crippen LogP contribution in [0.15, 0.2) is 42.5 Å². The fourth-order valence-corrected chi connectivity index (χ4v) is 4.44. The van der Waals surface area contributed by atoms with E-state index >= 15 is 0 Å². The number of anilines is 1. The average molecular weight is 409 g/mol. The smallest absolute Gasteiger partial charge is 0.263 e. The van der Waals surface area contributed by atoms with Crippen molar-refractivity contribution < 1.29 is 14.3 Å². The summed E-state index contributed by atoms with van der Waals surface area (Å²) in [6.07, 6.45) is 5.04. The highest BCUT2D eigenvalue weighted by Crippen LogP contribution is 2.27. The van der Waals surface area contributed by atoms with Crippen LogP contribution in [-0.2, 0) is 17.6 Å². The maximum Gasteiger partial charge on any atom is 0.263 e. The van der Waals surface area contributed by atoms with Crippen molar-refractivity contribution in [3.05, 3.63) is 53.6 Å². The molecule has 160 valence electrons. The molecule has 0 bridgehead atoms. The standard InChI is InChI=1S/C25H32N2O3/c1-3-24(30-23-11-8-19-6-4-5-7-20(19)18-23)25(28)27-16-14-26(15-17-27)21-9-12-22(29-2)13-10-21/h8-13,18,24H,3-7,14-17H2,1-2H3/t24-/m0/s1. The molecule has 5 heteroatoms. The first-order valence-corrected chi connectivity index (χ1v) is 11.1. The van der Waals surface area contributed by atoms with E-state index in [1.165, 1.54) is 29.7 Å². The third-order valence-electron chi connectivity index (χ3n) is 6.27. The molecule has 5 nitrogen and oxygen atoms in total. The summed E-state index contributed by atoms with van der Waals surface area (Å²) < 4.78 is 11.4. The third kappa shape index (κ3) is 4.55. The summed E-state index contributed by atoms with van der Waals surface area (Å²) in [6.45, 7) is 5.11. The van der Waals surface area contributed by atoms with Crippen LogP contribution in [0.1, 0.15) is 37.3 Å². The SMILES string of the molecule is CC[C@H](Oc1ccc2c(c1)CCCC2)C(=O)N1CCN(c2ccc(OC)cc2)CC1. The number of carbonyl (C=O) groups excluding carboxylic acids is 1. The van der Waals surface area contributed by atoms with E-state index < -0.39 is 6.10 Å². The summed E-state index contributed by atoms with van der Waals surface area (Å²) in [5, 5.41) is 0. The number of benzene rings is 2. The summed E-state index contributed by atoms with van der Waals surface area (Å²) in [6, 6.07) is 14.5. The Morgan fingerprint density at radius 2 is 1.60 bits per heavy atom. The molecule has 1 aliphatic heterocycles. The van der Waals surface area contributed by atoms with Crippen LogP contribution in [0.2, 0.25) is 0 Å². The van der Waals surface area contributed by atoms with E-state index in [1.807, 2.05) is 30.0 Å². The Hall–Kier alpha value is -2.69. The molecule has 0 saturated carbocycles. The van der Waals surface area contributed by atoms with Gasteiger partial charge in [-0.1, -0.05) is 13.0 Å². The van der Waals surface area contributed by atoms with Gasteiger partial charge in [0.15, 0.2) is 6.10 Å². The number of hydrogen-bond donors (Lipinski definition) is 0. The first-order valence-electron chi connectivity index (χ1n) is 11.1. The molecule has 0 aromatic heterocycles. The van der Waals surface area contributed by atoms with E-state index in [0.29, 0.717) is 6.42 Å². The maximum atomic E-state index is 13.1. The minimum atomic E-state index is -0.417. The Labute approximate surface area is 179 Å². The van der Waals surface area contributed by atoms with Gasteiger partial charge in [-0.3, -0.25) is 4.79 Å². The van der Waals surface area contributed by atoms with E-state index in [2.05, 4.69) is 29.2 Å². The first-order chi connectivity index (χ1) is 14.7. The summed E-state index contributed by atoms with van der Waals surface area (Å²) in [7, 11) is 1.68. The molecule has 1 heterocycles. The van der Waals surface area contributed by atoms with Crippen molar-refractivity contribution in [1.29, 1.82) is 0 Å². The van der Waals surface area contributed by atoms with Crippen molar-refractivity contribution in [2.75, 3.05) is 38.2 Å². The molecule has 2 aromatic carbocycles. The number of fused-ring (bicyclic) bond motifs is 1. The van der Waals surface area contributed by atoms with Crippen molar-refractivity contribution in [3.8, 4) is 11.5 Å². The lowest BCUT2D eigenvalue weighted by Gasteiger charge is -2.37. The number of hydrogen-bond acceptors (Lipinski definition) is 4.